The van der Waals surface area contributed by atoms with E-state index in [1.807, 2.05) is 45.0 Å². The van der Waals surface area contributed by atoms with Crippen molar-refractivity contribution in [3.05, 3.63) is 64.7 Å². The Morgan fingerprint density at radius 1 is 1.03 bits per heavy atom. The number of aryl methyl sites for hydroxylation is 1. The maximum absolute atomic E-state index is 13.3. The molecular formula is C25H34ClN3O4S. The van der Waals surface area contributed by atoms with E-state index < -0.39 is 16.1 Å². The SMILES string of the molecule is Cc1ccccc1CN(C(=O)CCCN(c1ccc(Cl)cc1)S(C)(=O)=O)C(C)C(=O)NC(C)C. The lowest BCUT2D eigenvalue weighted by molar-refractivity contribution is -0.140. The second kappa shape index (κ2) is 12.2. The van der Waals surface area contributed by atoms with Crippen LogP contribution < -0.4 is 9.62 Å². The molecule has 0 aliphatic carbocycles. The monoisotopic (exact) mass is 507 g/mol. The maximum Gasteiger partial charge on any atom is 0.242 e. The van der Waals surface area contributed by atoms with Gasteiger partial charge in [-0.15, -0.1) is 0 Å². The molecule has 0 heterocycles. The molecule has 1 unspecified atom stereocenters. The molecule has 9 heteroatoms. The number of benzene rings is 2. The lowest BCUT2D eigenvalue weighted by Crippen LogP contribution is -2.49. The Bertz CT molecular complexity index is 1090. The van der Waals surface area contributed by atoms with Gasteiger partial charge in [-0.25, -0.2) is 8.42 Å². The van der Waals surface area contributed by atoms with Gasteiger partial charge in [-0.1, -0.05) is 35.9 Å². The summed E-state index contributed by atoms with van der Waals surface area (Å²) in [5, 5.41) is 3.37. The van der Waals surface area contributed by atoms with E-state index in [1.54, 1.807) is 36.1 Å². The van der Waals surface area contributed by atoms with Crippen molar-refractivity contribution in [3.63, 3.8) is 0 Å². The Kier molecular flexibility index (Phi) is 9.94. The van der Waals surface area contributed by atoms with E-state index in [9.17, 15) is 18.0 Å². The number of nitrogens with zero attached hydrogens (tertiary/aromatic N) is 2. The Morgan fingerprint density at radius 3 is 2.21 bits per heavy atom. The zero-order valence-corrected chi connectivity index (χ0v) is 22.0. The van der Waals surface area contributed by atoms with Gasteiger partial charge < -0.3 is 10.2 Å². The van der Waals surface area contributed by atoms with Crippen LogP contribution in [-0.4, -0.2) is 50.0 Å². The smallest absolute Gasteiger partial charge is 0.242 e. The Balaban J connectivity index is 2.17. The summed E-state index contributed by atoms with van der Waals surface area (Å²) in [4.78, 5) is 27.5. The number of halogens is 1. The van der Waals surface area contributed by atoms with E-state index in [0.717, 1.165) is 17.4 Å². The van der Waals surface area contributed by atoms with Crippen molar-refractivity contribution in [1.82, 2.24) is 10.2 Å². The number of amides is 2. The molecule has 0 aromatic heterocycles. The summed E-state index contributed by atoms with van der Waals surface area (Å²) in [7, 11) is -3.55. The fraction of sp³-hybridized carbons (Fsp3) is 0.440. The zero-order chi connectivity index (χ0) is 25.5. The minimum atomic E-state index is -3.55. The third kappa shape index (κ3) is 8.02. The number of sulfonamides is 1. The normalized spacial score (nSPS) is 12.3. The molecule has 0 radical (unpaired) electrons. The summed E-state index contributed by atoms with van der Waals surface area (Å²) in [5.41, 5.74) is 2.47. The average molecular weight is 508 g/mol. The lowest BCUT2D eigenvalue weighted by atomic mass is 10.1. The van der Waals surface area contributed by atoms with Crippen molar-refractivity contribution >= 4 is 39.1 Å². The first kappa shape index (κ1) is 27.7. The van der Waals surface area contributed by atoms with Crippen LogP contribution in [0.2, 0.25) is 5.02 Å². The summed E-state index contributed by atoms with van der Waals surface area (Å²) in [6.45, 7) is 7.85. The first-order chi connectivity index (χ1) is 15.9. The molecule has 0 aliphatic heterocycles. The predicted molar refractivity (Wildman–Crippen MR) is 137 cm³/mol. The number of carbonyl (C=O) groups excluding carboxylic acids is 2. The first-order valence-corrected chi connectivity index (χ1v) is 13.5. The van der Waals surface area contributed by atoms with E-state index in [2.05, 4.69) is 5.32 Å². The number of rotatable bonds is 11. The topological polar surface area (TPSA) is 86.8 Å². The number of anilines is 1. The minimum Gasteiger partial charge on any atom is -0.352 e. The highest BCUT2D eigenvalue weighted by Gasteiger charge is 2.27. The van der Waals surface area contributed by atoms with Crippen molar-refractivity contribution in [2.75, 3.05) is 17.1 Å². The molecule has 2 aromatic rings. The summed E-state index contributed by atoms with van der Waals surface area (Å²) in [6, 6.07) is 13.5. The molecule has 0 saturated carbocycles. The number of nitrogens with one attached hydrogen (secondary N) is 1. The van der Waals surface area contributed by atoms with E-state index in [4.69, 9.17) is 11.6 Å². The predicted octanol–water partition coefficient (Wildman–Crippen LogP) is 4.14. The van der Waals surface area contributed by atoms with Crippen molar-refractivity contribution in [2.24, 2.45) is 0 Å². The molecule has 0 fully saturated rings. The van der Waals surface area contributed by atoms with Crippen LogP contribution in [0.25, 0.3) is 0 Å². The number of hydrogen-bond donors (Lipinski definition) is 1. The van der Waals surface area contributed by atoms with Crippen LogP contribution in [0.5, 0.6) is 0 Å². The molecule has 1 N–H and O–H groups in total. The highest BCUT2D eigenvalue weighted by Crippen LogP contribution is 2.21. The molecule has 0 aliphatic rings. The summed E-state index contributed by atoms with van der Waals surface area (Å²) in [5.74, 6) is -0.435. The molecular weight excluding hydrogens is 474 g/mol. The van der Waals surface area contributed by atoms with Gasteiger partial charge in [-0.3, -0.25) is 13.9 Å². The van der Waals surface area contributed by atoms with Gasteiger partial charge in [0.25, 0.3) is 0 Å². The van der Waals surface area contributed by atoms with Gasteiger partial charge in [-0.2, -0.15) is 0 Å². The van der Waals surface area contributed by atoms with Crippen LogP contribution in [0.4, 0.5) is 5.69 Å². The largest absolute Gasteiger partial charge is 0.352 e. The summed E-state index contributed by atoms with van der Waals surface area (Å²) in [6.07, 6.45) is 1.54. The van der Waals surface area contributed by atoms with Crippen molar-refractivity contribution < 1.29 is 18.0 Å². The molecule has 2 amide bonds. The number of carbonyl (C=O) groups is 2. The maximum atomic E-state index is 13.3. The van der Waals surface area contributed by atoms with Crippen LogP contribution >= 0.6 is 11.6 Å². The molecule has 2 aromatic carbocycles. The van der Waals surface area contributed by atoms with Gasteiger partial charge in [0.05, 0.1) is 11.9 Å². The van der Waals surface area contributed by atoms with Gasteiger partial charge in [0.15, 0.2) is 0 Å². The Hall–Kier alpha value is -2.58. The van der Waals surface area contributed by atoms with Crippen LogP contribution in [-0.2, 0) is 26.2 Å². The van der Waals surface area contributed by atoms with Gasteiger partial charge in [0.1, 0.15) is 6.04 Å². The number of hydrogen-bond acceptors (Lipinski definition) is 4. The van der Waals surface area contributed by atoms with E-state index in [1.165, 1.54) is 4.31 Å². The summed E-state index contributed by atoms with van der Waals surface area (Å²) >= 11 is 5.92. The molecule has 0 bridgehead atoms. The molecule has 0 spiro atoms. The standard InChI is InChI=1S/C25H34ClN3O4S/c1-18(2)27-25(31)20(4)28(17-21-10-7-6-9-19(21)3)24(30)11-8-16-29(34(5,32)33)23-14-12-22(26)13-15-23/h6-7,9-10,12-15,18,20H,8,11,16-17H2,1-5H3,(H,27,31). The van der Waals surface area contributed by atoms with E-state index in [0.29, 0.717) is 23.7 Å². The molecule has 2 rings (SSSR count). The van der Waals surface area contributed by atoms with Gasteiger partial charge in [-0.05, 0) is 69.5 Å². The Morgan fingerprint density at radius 2 is 1.65 bits per heavy atom. The van der Waals surface area contributed by atoms with Crippen LogP contribution in [0.3, 0.4) is 0 Å². The fourth-order valence-corrected chi connectivity index (χ4v) is 4.66. The van der Waals surface area contributed by atoms with Gasteiger partial charge >= 0.3 is 0 Å². The highest BCUT2D eigenvalue weighted by molar-refractivity contribution is 7.92. The van der Waals surface area contributed by atoms with Crippen molar-refractivity contribution in [1.29, 1.82) is 0 Å². The van der Waals surface area contributed by atoms with E-state index >= 15 is 0 Å². The fourth-order valence-electron chi connectivity index (χ4n) is 3.57. The molecule has 186 valence electrons. The van der Waals surface area contributed by atoms with Crippen LogP contribution in [0.15, 0.2) is 48.5 Å². The molecule has 0 saturated heterocycles. The van der Waals surface area contributed by atoms with Crippen molar-refractivity contribution in [2.45, 2.75) is 59.2 Å². The molecule has 7 nitrogen and oxygen atoms in total. The third-order valence-electron chi connectivity index (χ3n) is 5.47. The van der Waals surface area contributed by atoms with E-state index in [-0.39, 0.29) is 30.8 Å². The van der Waals surface area contributed by atoms with Crippen LogP contribution in [0.1, 0.15) is 44.7 Å². The average Bonchev–Trinajstić information content (AvgIpc) is 2.75. The highest BCUT2D eigenvalue weighted by atomic mass is 35.5. The molecule has 34 heavy (non-hydrogen) atoms. The third-order valence-corrected chi connectivity index (χ3v) is 6.91. The Labute approximate surface area is 208 Å². The molecule has 1 atom stereocenters. The minimum absolute atomic E-state index is 0.0481. The summed E-state index contributed by atoms with van der Waals surface area (Å²) < 4.78 is 26.0. The first-order valence-electron chi connectivity index (χ1n) is 11.3. The van der Waals surface area contributed by atoms with Crippen molar-refractivity contribution in [3.8, 4) is 0 Å². The quantitative estimate of drug-likeness (QED) is 0.495. The van der Waals surface area contributed by atoms with Gasteiger partial charge in [0, 0.05) is 30.6 Å². The zero-order valence-electron chi connectivity index (χ0n) is 20.4. The lowest BCUT2D eigenvalue weighted by Gasteiger charge is -2.30. The van der Waals surface area contributed by atoms with Gasteiger partial charge in [0.2, 0.25) is 21.8 Å². The second-order valence-electron chi connectivity index (χ2n) is 8.70. The van der Waals surface area contributed by atoms with Crippen LogP contribution in [0, 0.1) is 6.92 Å². The second-order valence-corrected chi connectivity index (χ2v) is 11.0.